The zero-order valence-electron chi connectivity index (χ0n) is 8.43. The van der Waals surface area contributed by atoms with Crippen molar-refractivity contribution in [2.24, 2.45) is 17.3 Å². The highest BCUT2D eigenvalue weighted by atomic mass is 16.3. The second-order valence-electron chi connectivity index (χ2n) is 5.42. The Morgan fingerprint density at radius 1 is 0.917 bits per heavy atom. The van der Waals surface area contributed by atoms with E-state index < -0.39 is 5.60 Å². The second-order valence-corrected chi connectivity index (χ2v) is 5.42. The molecule has 70 valence electrons. The minimum Gasteiger partial charge on any atom is -0.389 e. The molecule has 3 aliphatic carbocycles. The van der Waals surface area contributed by atoms with Crippen LogP contribution in [0.4, 0.5) is 0 Å². The van der Waals surface area contributed by atoms with Crippen molar-refractivity contribution in [2.75, 3.05) is 0 Å². The highest BCUT2D eigenvalue weighted by molar-refractivity contribution is 5.06. The maximum atomic E-state index is 10.4. The van der Waals surface area contributed by atoms with Gasteiger partial charge in [0, 0.05) is 0 Å². The van der Waals surface area contributed by atoms with Gasteiger partial charge in [-0.2, -0.15) is 0 Å². The fraction of sp³-hybridized carbons (Fsp3) is 1.00. The van der Waals surface area contributed by atoms with E-state index in [0.717, 1.165) is 5.92 Å². The monoisotopic (exact) mass is 168 g/mol. The molecule has 0 aromatic heterocycles. The standard InChI is InChI=1S/C11H20O/c1-10(2)8-4-6-9(7-5-8)11(10,3)12/h8-9,12H,4-7H2,1-3H3. The van der Waals surface area contributed by atoms with Crippen LogP contribution in [0.15, 0.2) is 0 Å². The third-order valence-electron chi connectivity index (χ3n) is 4.85. The predicted octanol–water partition coefficient (Wildman–Crippen LogP) is 2.58. The highest BCUT2D eigenvalue weighted by Crippen LogP contribution is 2.57. The van der Waals surface area contributed by atoms with Crippen molar-refractivity contribution >= 4 is 0 Å². The Bertz CT molecular complexity index is 163. The van der Waals surface area contributed by atoms with Gasteiger partial charge in [-0.15, -0.1) is 0 Å². The molecule has 0 aromatic carbocycles. The summed E-state index contributed by atoms with van der Waals surface area (Å²) >= 11 is 0. The maximum Gasteiger partial charge on any atom is 0.0701 e. The number of hydrogen-bond acceptors (Lipinski definition) is 1. The molecule has 1 heteroatoms. The molecule has 3 rings (SSSR count). The van der Waals surface area contributed by atoms with Crippen molar-refractivity contribution in [1.29, 1.82) is 0 Å². The Morgan fingerprint density at radius 2 is 1.33 bits per heavy atom. The third kappa shape index (κ3) is 0.834. The highest BCUT2D eigenvalue weighted by Gasteiger charge is 2.55. The summed E-state index contributed by atoms with van der Waals surface area (Å²) in [5, 5.41) is 10.4. The van der Waals surface area contributed by atoms with Crippen LogP contribution < -0.4 is 0 Å². The van der Waals surface area contributed by atoms with Gasteiger partial charge in [-0.25, -0.2) is 0 Å². The molecular formula is C11H20O. The summed E-state index contributed by atoms with van der Waals surface area (Å²) in [5.41, 5.74) is -0.262. The summed E-state index contributed by atoms with van der Waals surface area (Å²) in [5.74, 6) is 1.33. The first-order valence-corrected chi connectivity index (χ1v) is 5.18. The van der Waals surface area contributed by atoms with Gasteiger partial charge < -0.3 is 5.11 Å². The van der Waals surface area contributed by atoms with Crippen LogP contribution in [-0.2, 0) is 0 Å². The molecule has 3 fully saturated rings. The molecule has 0 saturated heterocycles. The van der Waals surface area contributed by atoms with E-state index >= 15 is 0 Å². The first-order chi connectivity index (χ1) is 5.46. The molecule has 0 spiro atoms. The Labute approximate surface area is 75.2 Å². The van der Waals surface area contributed by atoms with Crippen molar-refractivity contribution < 1.29 is 5.11 Å². The molecular weight excluding hydrogens is 148 g/mol. The van der Waals surface area contributed by atoms with Gasteiger partial charge in [0.1, 0.15) is 0 Å². The van der Waals surface area contributed by atoms with E-state index in [-0.39, 0.29) is 5.41 Å². The van der Waals surface area contributed by atoms with Crippen molar-refractivity contribution in [3.05, 3.63) is 0 Å². The molecule has 1 nitrogen and oxygen atoms in total. The Morgan fingerprint density at radius 3 is 1.58 bits per heavy atom. The lowest BCUT2D eigenvalue weighted by molar-refractivity contribution is -0.182. The van der Waals surface area contributed by atoms with Gasteiger partial charge in [0.05, 0.1) is 5.60 Å². The maximum absolute atomic E-state index is 10.4. The van der Waals surface area contributed by atoms with Crippen LogP contribution >= 0.6 is 0 Å². The second kappa shape index (κ2) is 2.25. The zero-order valence-corrected chi connectivity index (χ0v) is 8.43. The number of aliphatic hydroxyl groups is 1. The number of fused-ring (bicyclic) bond motifs is 3. The van der Waals surface area contributed by atoms with E-state index in [9.17, 15) is 5.11 Å². The van der Waals surface area contributed by atoms with E-state index in [2.05, 4.69) is 13.8 Å². The molecule has 0 amide bonds. The predicted molar refractivity (Wildman–Crippen MR) is 49.9 cm³/mol. The largest absolute Gasteiger partial charge is 0.389 e. The van der Waals surface area contributed by atoms with Crippen molar-refractivity contribution in [2.45, 2.75) is 52.1 Å². The van der Waals surface area contributed by atoms with Crippen LogP contribution in [-0.4, -0.2) is 10.7 Å². The van der Waals surface area contributed by atoms with E-state index in [1.54, 1.807) is 0 Å². The molecule has 1 unspecified atom stereocenters. The van der Waals surface area contributed by atoms with Gasteiger partial charge in [0.15, 0.2) is 0 Å². The first kappa shape index (κ1) is 8.55. The lowest BCUT2D eigenvalue weighted by Gasteiger charge is -2.58. The molecule has 2 bridgehead atoms. The summed E-state index contributed by atoms with van der Waals surface area (Å²) in [6, 6.07) is 0. The molecule has 0 aliphatic heterocycles. The van der Waals surface area contributed by atoms with Gasteiger partial charge in [-0.05, 0) is 49.9 Å². The van der Waals surface area contributed by atoms with Crippen LogP contribution in [0.25, 0.3) is 0 Å². The molecule has 0 heterocycles. The van der Waals surface area contributed by atoms with Crippen LogP contribution in [0.1, 0.15) is 46.5 Å². The average molecular weight is 168 g/mol. The molecule has 12 heavy (non-hydrogen) atoms. The normalized spacial score (nSPS) is 51.0. The lowest BCUT2D eigenvalue weighted by atomic mass is 9.50. The summed E-state index contributed by atoms with van der Waals surface area (Å²) < 4.78 is 0. The van der Waals surface area contributed by atoms with Gasteiger partial charge in [0.25, 0.3) is 0 Å². The van der Waals surface area contributed by atoms with E-state index in [1.807, 2.05) is 6.92 Å². The molecule has 3 saturated carbocycles. The Balaban J connectivity index is 2.35. The van der Waals surface area contributed by atoms with Gasteiger partial charge in [-0.1, -0.05) is 13.8 Å². The number of rotatable bonds is 0. The van der Waals surface area contributed by atoms with E-state index in [1.165, 1.54) is 25.7 Å². The minimum atomic E-state index is -0.409. The number of hydrogen-bond donors (Lipinski definition) is 1. The minimum absolute atomic E-state index is 0.147. The van der Waals surface area contributed by atoms with Crippen LogP contribution in [0.5, 0.6) is 0 Å². The molecule has 0 radical (unpaired) electrons. The quantitative estimate of drug-likeness (QED) is 0.589. The van der Waals surface area contributed by atoms with Gasteiger partial charge in [0.2, 0.25) is 0 Å². The van der Waals surface area contributed by atoms with Gasteiger partial charge >= 0.3 is 0 Å². The lowest BCUT2D eigenvalue weighted by Crippen LogP contribution is -2.58. The average Bonchev–Trinajstić information content (AvgIpc) is 2.02. The van der Waals surface area contributed by atoms with Gasteiger partial charge in [-0.3, -0.25) is 0 Å². The molecule has 1 N–H and O–H groups in total. The topological polar surface area (TPSA) is 20.2 Å². The summed E-state index contributed by atoms with van der Waals surface area (Å²) in [6.45, 7) is 6.52. The van der Waals surface area contributed by atoms with Crippen LogP contribution in [0, 0.1) is 17.3 Å². The Kier molecular flexibility index (Phi) is 1.61. The van der Waals surface area contributed by atoms with Crippen molar-refractivity contribution in [3.63, 3.8) is 0 Å². The fourth-order valence-electron chi connectivity index (χ4n) is 3.32. The fourth-order valence-corrected chi connectivity index (χ4v) is 3.32. The SMILES string of the molecule is CC1(C)C2CCC(CC2)C1(C)O. The van der Waals surface area contributed by atoms with Crippen molar-refractivity contribution in [3.8, 4) is 0 Å². The Hall–Kier alpha value is -0.0400. The van der Waals surface area contributed by atoms with E-state index in [4.69, 9.17) is 0 Å². The van der Waals surface area contributed by atoms with Crippen LogP contribution in [0.2, 0.25) is 0 Å². The zero-order chi connectivity index (χ0) is 8.98. The smallest absolute Gasteiger partial charge is 0.0701 e. The van der Waals surface area contributed by atoms with E-state index in [0.29, 0.717) is 5.92 Å². The van der Waals surface area contributed by atoms with Crippen molar-refractivity contribution in [1.82, 2.24) is 0 Å². The summed E-state index contributed by atoms with van der Waals surface area (Å²) in [7, 11) is 0. The molecule has 3 aliphatic rings. The molecule has 0 aromatic rings. The third-order valence-corrected chi connectivity index (χ3v) is 4.85. The first-order valence-electron chi connectivity index (χ1n) is 5.18. The van der Waals surface area contributed by atoms with Crippen LogP contribution in [0.3, 0.4) is 0 Å². The summed E-state index contributed by atoms with van der Waals surface area (Å²) in [6.07, 6.45) is 5.18. The molecule has 1 atom stereocenters. The summed E-state index contributed by atoms with van der Waals surface area (Å²) in [4.78, 5) is 0.